The summed E-state index contributed by atoms with van der Waals surface area (Å²) in [5.41, 5.74) is 4.17. The van der Waals surface area contributed by atoms with E-state index in [4.69, 9.17) is 9.47 Å². The first-order valence-corrected chi connectivity index (χ1v) is 9.67. The van der Waals surface area contributed by atoms with Crippen LogP contribution in [0, 0.1) is 0 Å². The van der Waals surface area contributed by atoms with Crippen molar-refractivity contribution in [3.05, 3.63) is 52.5 Å². The number of hydrogen-bond acceptors (Lipinski definition) is 5. The third-order valence-corrected chi connectivity index (χ3v) is 5.72. The smallest absolute Gasteiger partial charge is 0.107 e. The monoisotopic (exact) mass is 344 g/mol. The van der Waals surface area contributed by atoms with Gasteiger partial charge in [-0.25, -0.2) is 4.98 Å². The summed E-state index contributed by atoms with van der Waals surface area (Å²) in [7, 11) is 0. The first kappa shape index (κ1) is 16.2. The number of piperidine rings is 1. The van der Waals surface area contributed by atoms with Gasteiger partial charge in [-0.05, 0) is 24.8 Å². The molecule has 128 valence electrons. The van der Waals surface area contributed by atoms with Crippen LogP contribution in [0.5, 0.6) is 0 Å². The molecule has 1 spiro atoms. The summed E-state index contributed by atoms with van der Waals surface area (Å²) in [5.74, 6) is 0. The van der Waals surface area contributed by atoms with Crippen molar-refractivity contribution in [2.45, 2.75) is 44.1 Å². The van der Waals surface area contributed by atoms with Gasteiger partial charge >= 0.3 is 0 Å². The topological polar surface area (TPSA) is 34.6 Å². The Morgan fingerprint density at radius 2 is 2.25 bits per heavy atom. The van der Waals surface area contributed by atoms with Gasteiger partial charge < -0.3 is 9.47 Å². The lowest BCUT2D eigenvalue weighted by molar-refractivity contribution is -0.160. The fraction of sp³-hybridized carbons (Fsp3) is 0.526. The van der Waals surface area contributed by atoms with Crippen LogP contribution in [0.2, 0.25) is 0 Å². The van der Waals surface area contributed by atoms with Crippen molar-refractivity contribution in [2.24, 2.45) is 0 Å². The average Bonchev–Trinajstić information content (AvgIpc) is 3.28. The van der Waals surface area contributed by atoms with Crippen molar-refractivity contribution in [2.75, 3.05) is 19.7 Å². The number of likely N-dealkylation sites (tertiary alicyclic amines) is 1. The molecule has 4 rings (SSSR count). The molecule has 0 radical (unpaired) electrons. The Morgan fingerprint density at radius 3 is 3.00 bits per heavy atom. The highest BCUT2D eigenvalue weighted by Crippen LogP contribution is 2.37. The minimum Gasteiger partial charge on any atom is -0.371 e. The van der Waals surface area contributed by atoms with Crippen LogP contribution in [0.15, 0.2) is 41.2 Å². The van der Waals surface area contributed by atoms with Gasteiger partial charge in [-0.1, -0.05) is 30.3 Å². The third kappa shape index (κ3) is 3.54. The second-order valence-electron chi connectivity index (χ2n) is 6.78. The predicted molar refractivity (Wildman–Crippen MR) is 94.9 cm³/mol. The fourth-order valence-corrected chi connectivity index (χ4v) is 4.46. The molecular formula is C19H24N2O2S. The van der Waals surface area contributed by atoms with Crippen molar-refractivity contribution >= 4 is 11.3 Å². The van der Waals surface area contributed by atoms with Crippen molar-refractivity contribution < 1.29 is 9.47 Å². The molecule has 1 aromatic carbocycles. The standard InChI is InChI=1S/C19H24N2O2S/c1-2-5-16(6-3-1)12-22-18-7-9-21(11-17-13-24-15-20-17)14-19(18)8-4-10-23-19/h1-3,5-6,13,15,18H,4,7-12,14H2/t18-,19-/m0/s1. The molecule has 0 unspecified atom stereocenters. The molecule has 3 heterocycles. The van der Waals surface area contributed by atoms with Crippen molar-refractivity contribution in [3.63, 3.8) is 0 Å². The van der Waals surface area contributed by atoms with Crippen LogP contribution in [-0.2, 0) is 22.6 Å². The zero-order chi connectivity index (χ0) is 16.2. The summed E-state index contributed by atoms with van der Waals surface area (Å²) in [5, 5.41) is 2.14. The first-order chi connectivity index (χ1) is 11.8. The maximum atomic E-state index is 6.33. The molecule has 2 aliphatic heterocycles. The van der Waals surface area contributed by atoms with Gasteiger partial charge in [0.1, 0.15) is 5.60 Å². The molecule has 4 nitrogen and oxygen atoms in total. The minimum absolute atomic E-state index is 0.136. The van der Waals surface area contributed by atoms with Crippen molar-refractivity contribution in [1.29, 1.82) is 0 Å². The quantitative estimate of drug-likeness (QED) is 0.832. The van der Waals surface area contributed by atoms with Gasteiger partial charge in [-0.2, -0.15) is 0 Å². The Kier molecular flexibility index (Phi) is 4.94. The Labute approximate surface area is 147 Å². The second kappa shape index (κ2) is 7.31. The maximum Gasteiger partial charge on any atom is 0.107 e. The summed E-state index contributed by atoms with van der Waals surface area (Å²) in [6.07, 6.45) is 3.44. The van der Waals surface area contributed by atoms with Crippen LogP contribution in [0.25, 0.3) is 0 Å². The summed E-state index contributed by atoms with van der Waals surface area (Å²) >= 11 is 1.66. The van der Waals surface area contributed by atoms with E-state index < -0.39 is 0 Å². The van der Waals surface area contributed by atoms with E-state index in [-0.39, 0.29) is 11.7 Å². The third-order valence-electron chi connectivity index (χ3n) is 5.08. The van der Waals surface area contributed by atoms with Crippen LogP contribution >= 0.6 is 11.3 Å². The van der Waals surface area contributed by atoms with E-state index >= 15 is 0 Å². The van der Waals surface area contributed by atoms with Gasteiger partial charge in [-0.3, -0.25) is 4.90 Å². The first-order valence-electron chi connectivity index (χ1n) is 8.73. The molecule has 2 aliphatic rings. The highest BCUT2D eigenvalue weighted by atomic mass is 32.1. The number of benzene rings is 1. The molecule has 0 bridgehead atoms. The van der Waals surface area contributed by atoms with Crippen LogP contribution in [-0.4, -0.2) is 41.3 Å². The molecule has 2 atom stereocenters. The van der Waals surface area contributed by atoms with Crippen molar-refractivity contribution in [1.82, 2.24) is 9.88 Å². The van der Waals surface area contributed by atoms with Crippen LogP contribution in [0.4, 0.5) is 0 Å². The van der Waals surface area contributed by atoms with Crippen LogP contribution in [0.1, 0.15) is 30.5 Å². The Balaban J connectivity index is 1.41. The van der Waals surface area contributed by atoms with Crippen LogP contribution < -0.4 is 0 Å². The molecule has 2 saturated heterocycles. The van der Waals surface area contributed by atoms with Gasteiger partial charge in [0.25, 0.3) is 0 Å². The molecular weight excluding hydrogens is 320 g/mol. The van der Waals surface area contributed by atoms with E-state index in [1.807, 2.05) is 11.6 Å². The maximum absolute atomic E-state index is 6.33. The lowest BCUT2D eigenvalue weighted by Gasteiger charge is -2.45. The molecule has 5 heteroatoms. The van der Waals surface area contributed by atoms with E-state index in [0.717, 1.165) is 51.2 Å². The highest BCUT2D eigenvalue weighted by Gasteiger charge is 2.47. The Hall–Kier alpha value is -1.27. The van der Waals surface area contributed by atoms with Crippen LogP contribution in [0.3, 0.4) is 0 Å². The van der Waals surface area contributed by atoms with E-state index in [1.54, 1.807) is 11.3 Å². The molecule has 0 saturated carbocycles. The summed E-state index contributed by atoms with van der Waals surface area (Å²) < 4.78 is 12.6. The molecule has 2 fully saturated rings. The van der Waals surface area contributed by atoms with Gasteiger partial charge in [0.15, 0.2) is 0 Å². The number of ether oxygens (including phenoxy) is 2. The second-order valence-corrected chi connectivity index (χ2v) is 7.50. The van der Waals surface area contributed by atoms with Gasteiger partial charge in [0, 0.05) is 31.6 Å². The van der Waals surface area contributed by atoms with Gasteiger partial charge in [0.05, 0.1) is 23.9 Å². The number of aromatic nitrogens is 1. The summed E-state index contributed by atoms with van der Waals surface area (Å²) in [4.78, 5) is 6.90. The molecule has 0 aliphatic carbocycles. The number of thiazole rings is 1. The molecule has 1 aromatic heterocycles. The lowest BCUT2D eigenvalue weighted by atomic mass is 9.86. The summed E-state index contributed by atoms with van der Waals surface area (Å²) in [6.45, 7) is 4.44. The number of rotatable bonds is 5. The largest absolute Gasteiger partial charge is 0.371 e. The molecule has 24 heavy (non-hydrogen) atoms. The van der Waals surface area contributed by atoms with E-state index in [2.05, 4.69) is 39.5 Å². The molecule has 0 N–H and O–H groups in total. The number of nitrogens with zero attached hydrogens (tertiary/aromatic N) is 2. The van der Waals surface area contributed by atoms with Gasteiger partial charge in [-0.15, -0.1) is 11.3 Å². The summed E-state index contributed by atoms with van der Waals surface area (Å²) in [6, 6.07) is 10.4. The van der Waals surface area contributed by atoms with E-state index in [1.165, 1.54) is 5.56 Å². The minimum atomic E-state index is -0.136. The van der Waals surface area contributed by atoms with E-state index in [0.29, 0.717) is 6.61 Å². The Morgan fingerprint density at radius 1 is 1.33 bits per heavy atom. The Bertz CT molecular complexity index is 626. The average molecular weight is 344 g/mol. The van der Waals surface area contributed by atoms with E-state index in [9.17, 15) is 0 Å². The molecule has 2 aromatic rings. The zero-order valence-electron chi connectivity index (χ0n) is 13.9. The predicted octanol–water partition coefficient (Wildman–Crippen LogP) is 3.48. The zero-order valence-corrected chi connectivity index (χ0v) is 14.7. The normalized spacial score (nSPS) is 27.8. The molecule has 0 amide bonds. The SMILES string of the molecule is c1ccc(CO[C@H]2CCN(Cc3cscn3)C[C@@]23CCCO3)cc1. The number of hydrogen-bond donors (Lipinski definition) is 0. The van der Waals surface area contributed by atoms with Crippen molar-refractivity contribution in [3.8, 4) is 0 Å². The van der Waals surface area contributed by atoms with Gasteiger partial charge in [0.2, 0.25) is 0 Å². The lowest BCUT2D eigenvalue weighted by Crippen LogP contribution is -2.57. The fourth-order valence-electron chi connectivity index (χ4n) is 3.91. The highest BCUT2D eigenvalue weighted by molar-refractivity contribution is 7.07.